The first-order chi connectivity index (χ1) is 10.1. The summed E-state index contributed by atoms with van der Waals surface area (Å²) in [6.45, 7) is 2.41. The van der Waals surface area contributed by atoms with E-state index in [9.17, 15) is 9.59 Å². The van der Waals surface area contributed by atoms with Crippen LogP contribution in [-0.4, -0.2) is 23.1 Å². The van der Waals surface area contributed by atoms with Crippen molar-refractivity contribution in [2.75, 3.05) is 11.4 Å². The summed E-state index contributed by atoms with van der Waals surface area (Å²) in [6, 6.07) is 10.4. The lowest BCUT2D eigenvalue weighted by molar-refractivity contribution is 0.0960. The molecule has 0 fully saturated rings. The predicted octanol–water partition coefficient (Wildman–Crippen LogP) is 1.81. The largest absolute Gasteiger partial charge is 0.487 e. The summed E-state index contributed by atoms with van der Waals surface area (Å²) in [5, 5.41) is 0. The number of nitrogens with zero attached hydrogens (tertiary/aromatic N) is 2. The van der Waals surface area contributed by atoms with Gasteiger partial charge >= 0.3 is 0 Å². The van der Waals surface area contributed by atoms with Crippen LogP contribution in [0.2, 0.25) is 0 Å². The molecule has 3 rings (SSSR count). The lowest BCUT2D eigenvalue weighted by Gasteiger charge is -2.33. The molecule has 1 atom stereocenters. The molecule has 5 heteroatoms. The first-order valence-corrected chi connectivity index (χ1v) is 6.80. The summed E-state index contributed by atoms with van der Waals surface area (Å²) in [5.74, 6) is 0.572. The van der Waals surface area contributed by atoms with Gasteiger partial charge in [0.05, 0.1) is 17.8 Å². The van der Waals surface area contributed by atoms with Crippen LogP contribution in [0, 0.1) is 0 Å². The summed E-state index contributed by atoms with van der Waals surface area (Å²) < 4.78 is 7.15. The number of benzene rings is 1. The topological polar surface area (TPSA) is 51.5 Å². The number of rotatable bonds is 1. The monoisotopic (exact) mass is 284 g/mol. The molecule has 1 amide bonds. The van der Waals surface area contributed by atoms with Crippen molar-refractivity contribution in [1.29, 1.82) is 0 Å². The number of carbonyl (C=O) groups is 1. The molecule has 1 aromatic heterocycles. The highest BCUT2D eigenvalue weighted by Gasteiger charge is 2.28. The van der Waals surface area contributed by atoms with Crippen molar-refractivity contribution in [3.63, 3.8) is 0 Å². The quantitative estimate of drug-likeness (QED) is 0.802. The van der Waals surface area contributed by atoms with Crippen molar-refractivity contribution in [3.8, 4) is 5.75 Å². The molecular weight excluding hydrogens is 268 g/mol. The second-order valence-corrected chi connectivity index (χ2v) is 5.18. The van der Waals surface area contributed by atoms with E-state index in [0.717, 1.165) is 5.69 Å². The number of carbonyl (C=O) groups excluding carboxylic acids is 1. The zero-order valence-corrected chi connectivity index (χ0v) is 11.9. The summed E-state index contributed by atoms with van der Waals surface area (Å²) in [4.78, 5) is 25.9. The molecule has 0 saturated heterocycles. The first kappa shape index (κ1) is 13.4. The van der Waals surface area contributed by atoms with E-state index in [1.807, 2.05) is 31.2 Å². The number of pyridine rings is 1. The number of fused-ring (bicyclic) bond motifs is 1. The number of anilines is 1. The molecule has 0 N–H and O–H groups in total. The highest BCUT2D eigenvalue weighted by atomic mass is 16.5. The van der Waals surface area contributed by atoms with Gasteiger partial charge in [0.2, 0.25) is 5.56 Å². The highest BCUT2D eigenvalue weighted by Crippen LogP contribution is 2.33. The van der Waals surface area contributed by atoms with Crippen molar-refractivity contribution < 1.29 is 9.53 Å². The van der Waals surface area contributed by atoms with E-state index in [0.29, 0.717) is 17.9 Å². The van der Waals surface area contributed by atoms with Crippen LogP contribution >= 0.6 is 0 Å². The third-order valence-electron chi connectivity index (χ3n) is 3.50. The Hall–Kier alpha value is -2.56. The zero-order valence-electron chi connectivity index (χ0n) is 11.9. The number of aromatic nitrogens is 1. The van der Waals surface area contributed by atoms with Gasteiger partial charge in [-0.15, -0.1) is 0 Å². The summed E-state index contributed by atoms with van der Waals surface area (Å²) in [7, 11) is 1.63. The summed E-state index contributed by atoms with van der Waals surface area (Å²) in [6.07, 6.45) is 1.49. The summed E-state index contributed by atoms with van der Waals surface area (Å²) in [5.41, 5.74) is 1.11. The second-order valence-electron chi connectivity index (χ2n) is 5.18. The van der Waals surface area contributed by atoms with Crippen molar-refractivity contribution in [3.05, 3.63) is 58.5 Å². The van der Waals surface area contributed by atoms with Crippen molar-refractivity contribution in [2.24, 2.45) is 7.05 Å². The van der Waals surface area contributed by atoms with E-state index in [1.165, 1.54) is 10.6 Å². The molecule has 0 bridgehead atoms. The molecule has 0 radical (unpaired) electrons. The Kier molecular flexibility index (Phi) is 3.25. The Labute approximate surface area is 122 Å². The number of hydrogen-bond acceptors (Lipinski definition) is 3. The Bertz CT molecular complexity index is 751. The maximum atomic E-state index is 12.7. The van der Waals surface area contributed by atoms with Crippen LogP contribution in [0.1, 0.15) is 17.3 Å². The maximum absolute atomic E-state index is 12.7. The van der Waals surface area contributed by atoms with E-state index < -0.39 is 0 Å². The molecule has 0 spiro atoms. The second kappa shape index (κ2) is 5.09. The van der Waals surface area contributed by atoms with Gasteiger partial charge in [-0.3, -0.25) is 9.59 Å². The van der Waals surface area contributed by atoms with Crippen LogP contribution in [0.15, 0.2) is 47.4 Å². The molecule has 1 aliphatic heterocycles. The molecule has 5 nitrogen and oxygen atoms in total. The molecule has 108 valence electrons. The van der Waals surface area contributed by atoms with Crippen LogP contribution in [-0.2, 0) is 7.05 Å². The third-order valence-corrected chi connectivity index (χ3v) is 3.50. The van der Waals surface area contributed by atoms with Crippen LogP contribution in [0.5, 0.6) is 5.75 Å². The van der Waals surface area contributed by atoms with Crippen LogP contribution in [0.3, 0.4) is 0 Å². The number of amides is 1. The molecule has 2 aromatic rings. The van der Waals surface area contributed by atoms with E-state index >= 15 is 0 Å². The van der Waals surface area contributed by atoms with Gasteiger partial charge in [0.15, 0.2) is 0 Å². The van der Waals surface area contributed by atoms with Crippen molar-refractivity contribution in [1.82, 2.24) is 4.57 Å². The van der Waals surface area contributed by atoms with Crippen molar-refractivity contribution in [2.45, 2.75) is 13.0 Å². The number of ether oxygens (including phenoxy) is 1. The SMILES string of the molecule is CC1CN(C(=O)c2ccc(=O)n(C)c2)c2ccccc2O1. The number of para-hydroxylation sites is 2. The molecule has 1 unspecified atom stereocenters. The average Bonchev–Trinajstić information content (AvgIpc) is 2.48. The number of hydrogen-bond donors (Lipinski definition) is 0. The Morgan fingerprint density at radius 3 is 2.76 bits per heavy atom. The van der Waals surface area contributed by atoms with Gasteiger partial charge in [0, 0.05) is 19.3 Å². The minimum Gasteiger partial charge on any atom is -0.487 e. The van der Waals surface area contributed by atoms with Gasteiger partial charge in [-0.25, -0.2) is 0 Å². The molecule has 0 saturated carbocycles. The van der Waals surface area contributed by atoms with Gasteiger partial charge in [-0.05, 0) is 25.1 Å². The van der Waals surface area contributed by atoms with Crippen LogP contribution < -0.4 is 15.2 Å². The molecule has 0 aliphatic carbocycles. The lowest BCUT2D eigenvalue weighted by Crippen LogP contribution is -2.42. The van der Waals surface area contributed by atoms with Gasteiger partial charge in [0.1, 0.15) is 11.9 Å². The maximum Gasteiger partial charge on any atom is 0.260 e. The fraction of sp³-hybridized carbons (Fsp3) is 0.250. The number of aryl methyl sites for hydroxylation is 1. The van der Waals surface area contributed by atoms with E-state index in [1.54, 1.807) is 24.2 Å². The fourth-order valence-electron chi connectivity index (χ4n) is 2.46. The minimum atomic E-state index is -0.137. The smallest absolute Gasteiger partial charge is 0.260 e. The molecule has 2 heterocycles. The predicted molar refractivity (Wildman–Crippen MR) is 79.9 cm³/mol. The molecule has 21 heavy (non-hydrogen) atoms. The van der Waals surface area contributed by atoms with Crippen molar-refractivity contribution >= 4 is 11.6 Å². The van der Waals surface area contributed by atoms with E-state index in [-0.39, 0.29) is 17.6 Å². The Morgan fingerprint density at radius 2 is 2.00 bits per heavy atom. The molecule has 1 aliphatic rings. The van der Waals surface area contributed by atoms with E-state index in [2.05, 4.69) is 0 Å². The van der Waals surface area contributed by atoms with Gasteiger partial charge in [0.25, 0.3) is 5.91 Å². The Morgan fingerprint density at radius 1 is 1.24 bits per heavy atom. The highest BCUT2D eigenvalue weighted by molar-refractivity contribution is 6.07. The first-order valence-electron chi connectivity index (χ1n) is 6.80. The standard InChI is InChI=1S/C16H16N2O3/c1-11-9-18(13-5-3-4-6-14(13)21-11)16(20)12-7-8-15(19)17(2)10-12/h3-8,10-11H,9H2,1-2H3. The molecule has 1 aromatic carbocycles. The third kappa shape index (κ3) is 2.42. The lowest BCUT2D eigenvalue weighted by atomic mass is 10.1. The van der Waals surface area contributed by atoms with E-state index in [4.69, 9.17) is 4.74 Å². The fourth-order valence-corrected chi connectivity index (χ4v) is 2.46. The zero-order chi connectivity index (χ0) is 15.0. The van der Waals surface area contributed by atoms with Gasteiger partial charge in [-0.1, -0.05) is 12.1 Å². The van der Waals surface area contributed by atoms with Gasteiger partial charge < -0.3 is 14.2 Å². The summed E-state index contributed by atoms with van der Waals surface area (Å²) >= 11 is 0. The van der Waals surface area contributed by atoms with Crippen LogP contribution in [0.4, 0.5) is 5.69 Å². The minimum absolute atomic E-state index is 0.0728. The average molecular weight is 284 g/mol. The van der Waals surface area contributed by atoms with Gasteiger partial charge in [-0.2, -0.15) is 0 Å². The normalized spacial score (nSPS) is 17.0. The molecular formula is C16H16N2O3. The van der Waals surface area contributed by atoms with Crippen LogP contribution in [0.25, 0.3) is 0 Å². The Balaban J connectivity index is 2.01.